The molecule has 2 saturated heterocycles. The molecule has 2 aromatic rings. The van der Waals surface area contributed by atoms with E-state index in [1.54, 1.807) is 50.2 Å². The number of furan rings is 1. The number of carbonyl (C=O) groups is 7. The van der Waals surface area contributed by atoms with E-state index in [4.69, 9.17) is 59.6 Å². The number of nitrogens with two attached hydrogens (primary N) is 1. The molecule has 5 heterocycles. The lowest BCUT2D eigenvalue weighted by atomic mass is 9.72. The highest BCUT2D eigenvalue weighted by Crippen LogP contribution is 2.50. The molecule has 6 rings (SSSR count). The molecule has 26 heteroatoms. The van der Waals surface area contributed by atoms with Crippen LogP contribution in [0.1, 0.15) is 82.9 Å². The summed E-state index contributed by atoms with van der Waals surface area (Å²) in [6.45, 7) is 7.36. The molecule has 4 aliphatic rings. The molecular formula is C53H77ClN8O17. The van der Waals surface area contributed by atoms with Gasteiger partial charge in [-0.3, -0.25) is 29.9 Å². The first kappa shape index (κ1) is 63.5. The molecule has 4 aliphatic heterocycles. The SMILES string of the molecule is CNN(C)Cc1cocc1COC(=O)N[C@@H](CCC(N)=O)C(=O)NCCOCCOCCC(=O)N(C)[C@@H](C)C(=O)O[C@H]1CC(=O)N(C)c2cc(cc(OC)c2Cl)C/C(C)=C/C=C/[C@@H](OC)[C@@]2(O)C[C@H](OC(=O)N2)C2(C)C[C@@]1(C)O2. The third-order valence-corrected chi connectivity index (χ3v) is 14.5. The van der Waals surface area contributed by atoms with Gasteiger partial charge in [-0.25, -0.2) is 19.4 Å². The van der Waals surface area contributed by atoms with Gasteiger partial charge in [0.2, 0.25) is 23.6 Å². The Morgan fingerprint density at radius 3 is 2.39 bits per heavy atom. The number of alkyl carbamates (subject to hydrolysis) is 2. The van der Waals surface area contributed by atoms with Crippen molar-refractivity contribution in [3.63, 3.8) is 0 Å². The quantitative estimate of drug-likeness (QED) is 0.0381. The largest absolute Gasteiger partial charge is 0.495 e. The van der Waals surface area contributed by atoms with Gasteiger partial charge in [0.25, 0.3) is 0 Å². The Morgan fingerprint density at radius 2 is 1.72 bits per heavy atom. The van der Waals surface area contributed by atoms with Crippen LogP contribution >= 0.6 is 11.6 Å². The topological polar surface area (TPSA) is 311 Å². The third kappa shape index (κ3) is 17.3. The van der Waals surface area contributed by atoms with Crippen molar-refractivity contribution in [2.24, 2.45) is 5.73 Å². The van der Waals surface area contributed by atoms with Crippen LogP contribution in [0, 0.1) is 0 Å². The van der Waals surface area contributed by atoms with Crippen molar-refractivity contribution in [1.82, 2.24) is 31.3 Å². The number of anilines is 1. The highest BCUT2D eigenvalue weighted by molar-refractivity contribution is 6.35. The lowest BCUT2D eigenvalue weighted by Crippen LogP contribution is -2.72. The number of ether oxygens (including phenoxy) is 8. The van der Waals surface area contributed by atoms with Crippen molar-refractivity contribution < 1.29 is 81.0 Å². The van der Waals surface area contributed by atoms with Crippen molar-refractivity contribution in [3.05, 3.63) is 70.2 Å². The van der Waals surface area contributed by atoms with Gasteiger partial charge in [-0.05, 0) is 65.3 Å². The second kappa shape index (κ2) is 28.7. The lowest BCUT2D eigenvalue weighted by Gasteiger charge is -2.59. The van der Waals surface area contributed by atoms with E-state index < -0.39 is 95.5 Å². The fourth-order valence-electron chi connectivity index (χ4n) is 9.37. The average molecular weight is 1130 g/mol. The predicted molar refractivity (Wildman–Crippen MR) is 285 cm³/mol. The third-order valence-electron chi connectivity index (χ3n) is 14.1. The van der Waals surface area contributed by atoms with Gasteiger partial charge < -0.3 is 73.6 Å². The number of esters is 1. The Morgan fingerprint density at radius 1 is 1.03 bits per heavy atom. The number of nitrogens with zero attached hydrogens (tertiary/aromatic N) is 3. The van der Waals surface area contributed by atoms with Gasteiger partial charge in [0, 0.05) is 71.7 Å². The van der Waals surface area contributed by atoms with E-state index in [2.05, 4.69) is 21.4 Å². The molecule has 79 heavy (non-hydrogen) atoms. The molecule has 6 bridgehead atoms. The number of likely N-dealkylation sites (N-methyl/N-ethyl adjacent to an activating group) is 1. The summed E-state index contributed by atoms with van der Waals surface area (Å²) in [5.41, 5.74) is 7.19. The first-order valence-corrected chi connectivity index (χ1v) is 26.2. The zero-order valence-electron chi connectivity index (χ0n) is 46.6. The molecule has 0 radical (unpaired) electrons. The molecular weight excluding hydrogens is 1060 g/mol. The van der Waals surface area contributed by atoms with Gasteiger partial charge in [0.05, 0.1) is 64.6 Å². The fraction of sp³-hybridized carbons (Fsp3) is 0.604. The Kier molecular flexibility index (Phi) is 23.1. The smallest absolute Gasteiger partial charge is 0.409 e. The minimum absolute atomic E-state index is 0.0284. The van der Waals surface area contributed by atoms with Gasteiger partial charge >= 0.3 is 18.2 Å². The van der Waals surface area contributed by atoms with E-state index in [0.717, 1.165) is 16.7 Å². The fourth-order valence-corrected chi connectivity index (χ4v) is 9.68. The van der Waals surface area contributed by atoms with Crippen LogP contribution < -0.4 is 36.7 Å². The monoisotopic (exact) mass is 1130 g/mol. The number of hydrogen-bond acceptors (Lipinski definition) is 19. The summed E-state index contributed by atoms with van der Waals surface area (Å²) in [4.78, 5) is 94.5. The number of hydrazine groups is 1. The van der Waals surface area contributed by atoms with Crippen molar-refractivity contribution in [2.75, 3.05) is 80.3 Å². The zero-order valence-corrected chi connectivity index (χ0v) is 47.4. The van der Waals surface area contributed by atoms with Crippen LogP contribution in [0.4, 0.5) is 15.3 Å². The van der Waals surface area contributed by atoms with Crippen molar-refractivity contribution in [3.8, 4) is 5.75 Å². The maximum Gasteiger partial charge on any atom is 0.409 e. The van der Waals surface area contributed by atoms with E-state index in [-0.39, 0.29) is 76.7 Å². The molecule has 1 unspecified atom stereocenters. The number of benzene rings is 1. The second-order valence-corrected chi connectivity index (χ2v) is 20.6. The summed E-state index contributed by atoms with van der Waals surface area (Å²) in [6.07, 6.45) is 2.72. The molecule has 0 aliphatic carbocycles. The number of nitrogens with one attached hydrogen (secondary N) is 4. The summed E-state index contributed by atoms with van der Waals surface area (Å²) >= 11 is 6.81. The van der Waals surface area contributed by atoms with Crippen LogP contribution in [0.25, 0.3) is 0 Å². The molecule has 8 atom stereocenters. The number of allylic oxidation sites excluding steroid dienone is 3. The summed E-state index contributed by atoms with van der Waals surface area (Å²) in [5, 5.41) is 21.5. The lowest BCUT2D eigenvalue weighted by molar-refractivity contribution is -0.328. The summed E-state index contributed by atoms with van der Waals surface area (Å²) in [7, 11) is 9.42. The first-order valence-electron chi connectivity index (χ1n) is 25.8. The number of halogens is 1. The highest BCUT2D eigenvalue weighted by atomic mass is 35.5. The Hall–Kier alpha value is -6.32. The minimum Gasteiger partial charge on any atom is -0.495 e. The van der Waals surface area contributed by atoms with E-state index in [1.807, 2.05) is 20.0 Å². The highest BCUT2D eigenvalue weighted by Gasteiger charge is 2.63. The van der Waals surface area contributed by atoms with Crippen molar-refractivity contribution >= 4 is 59.1 Å². The second-order valence-electron chi connectivity index (χ2n) is 20.2. The summed E-state index contributed by atoms with van der Waals surface area (Å²) in [5.74, 6) is -2.70. The van der Waals surface area contributed by atoms with Gasteiger partial charge in [-0.15, -0.1) is 0 Å². The van der Waals surface area contributed by atoms with Gasteiger partial charge in [-0.1, -0.05) is 35.4 Å². The van der Waals surface area contributed by atoms with Crippen molar-refractivity contribution in [1.29, 1.82) is 0 Å². The summed E-state index contributed by atoms with van der Waals surface area (Å²) < 4.78 is 51.4. The molecule has 6 amide bonds. The summed E-state index contributed by atoms with van der Waals surface area (Å²) in [6, 6.07) is 1.26. The number of hydrogen-bond donors (Lipinski definition) is 6. The van der Waals surface area contributed by atoms with Crippen LogP contribution in [0.3, 0.4) is 0 Å². The van der Waals surface area contributed by atoms with Crippen LogP contribution in [0.2, 0.25) is 5.02 Å². The Bertz CT molecular complexity index is 2540. The maximum absolute atomic E-state index is 14.3. The average Bonchev–Trinajstić information content (AvgIpc) is 4.00. The van der Waals surface area contributed by atoms with Gasteiger partial charge in [0.15, 0.2) is 5.72 Å². The Balaban J connectivity index is 1.14. The van der Waals surface area contributed by atoms with Crippen LogP contribution in [0.15, 0.2) is 52.9 Å². The Labute approximate surface area is 465 Å². The van der Waals surface area contributed by atoms with Gasteiger partial charge in [-0.2, -0.15) is 0 Å². The number of fused-ring (bicyclic) bond motifs is 6. The van der Waals surface area contributed by atoms with Gasteiger partial charge in [0.1, 0.15) is 59.0 Å². The predicted octanol–water partition coefficient (Wildman–Crippen LogP) is 2.92. The standard InChI is InChI=1S/C53H77ClN8O17/c1-32-12-11-13-40(72-10)53(70)26-42(78-50(69)59-53)52(4)31-51(3,79-52)41(25-45(65)62(8)38-23-34(22-32)24-39(71-9)46(38)54)77-48(67)33(2)61(7)44(64)16-18-73-20-21-74-19-17-57-47(66)37(14-15-43(55)63)58-49(68)76-30-36-29-75-28-35(36)27-60(6)56-5/h11-13,23-24,28-29,33,37,40-42,56,70H,14-22,25-27,30-31H2,1-10H3,(H2,55,63)(H,57,66)(H,58,68)(H,59,69)/b13-11+,32-12+/t33-,37-,40+,41-,42-,51+,52?,53-/m0/s1. The minimum atomic E-state index is -1.91. The van der Waals surface area contributed by atoms with E-state index >= 15 is 0 Å². The van der Waals surface area contributed by atoms with Crippen LogP contribution in [0.5, 0.6) is 5.75 Å². The molecule has 25 nitrogen and oxygen atoms in total. The normalized spacial score (nSPS) is 25.1. The maximum atomic E-state index is 14.3. The molecule has 1 aromatic carbocycles. The molecule has 0 spiro atoms. The van der Waals surface area contributed by atoms with E-state index in [9.17, 15) is 38.7 Å². The molecule has 7 N–H and O–H groups in total. The number of carbonyl (C=O) groups excluding carboxylic acids is 7. The number of primary amides is 1. The first-order chi connectivity index (χ1) is 37.3. The molecule has 0 saturated carbocycles. The van der Waals surface area contributed by atoms with E-state index in [0.29, 0.717) is 30.0 Å². The number of methoxy groups -OCH3 is 2. The van der Waals surface area contributed by atoms with E-state index in [1.165, 1.54) is 57.6 Å². The van der Waals surface area contributed by atoms with Crippen molar-refractivity contribution in [2.45, 2.75) is 133 Å². The van der Waals surface area contributed by atoms with Crippen LogP contribution in [-0.2, 0) is 76.7 Å². The number of rotatable bonds is 24. The molecule has 1 aromatic heterocycles. The number of aliphatic hydroxyl groups is 1. The van der Waals surface area contributed by atoms with Crippen LogP contribution in [-0.4, -0.2) is 180 Å². The molecule has 2 fully saturated rings. The molecule has 438 valence electrons. The number of amides is 6. The zero-order chi connectivity index (χ0) is 58.2.